The number of sulfonamides is 1. The van der Waals surface area contributed by atoms with E-state index in [4.69, 9.17) is 0 Å². The summed E-state index contributed by atoms with van der Waals surface area (Å²) in [4.78, 5) is 26.9. The van der Waals surface area contributed by atoms with E-state index in [0.29, 0.717) is 54.2 Å². The van der Waals surface area contributed by atoms with Gasteiger partial charge in [-0.2, -0.15) is 4.31 Å². The molecule has 0 radical (unpaired) electrons. The maximum absolute atomic E-state index is 13.5. The number of hydrogen-bond acceptors (Lipinski definition) is 4. The van der Waals surface area contributed by atoms with Crippen LogP contribution in [0, 0.1) is 20.8 Å². The van der Waals surface area contributed by atoms with Crippen molar-refractivity contribution in [2.75, 3.05) is 18.4 Å². The zero-order valence-electron chi connectivity index (χ0n) is 20.0. The molecule has 1 saturated heterocycles. The second-order valence-corrected chi connectivity index (χ2v) is 10.6. The van der Waals surface area contributed by atoms with Crippen LogP contribution in [-0.2, 0) is 26.2 Å². The molecule has 0 saturated carbocycles. The lowest BCUT2D eigenvalue weighted by Gasteiger charge is -2.25. The van der Waals surface area contributed by atoms with Gasteiger partial charge in [0.25, 0.3) is 0 Å². The fraction of sp³-hybridized carbons (Fsp3) is 0.440. The van der Waals surface area contributed by atoms with E-state index in [0.717, 1.165) is 11.1 Å². The number of anilines is 1. The molecule has 8 heteroatoms. The van der Waals surface area contributed by atoms with Gasteiger partial charge in [-0.1, -0.05) is 29.8 Å². The van der Waals surface area contributed by atoms with Crippen molar-refractivity contribution in [3.63, 3.8) is 0 Å². The molecule has 3 rings (SSSR count). The lowest BCUT2D eigenvalue weighted by Crippen LogP contribution is -2.43. The van der Waals surface area contributed by atoms with Gasteiger partial charge < -0.3 is 10.2 Å². The molecule has 1 fully saturated rings. The highest BCUT2D eigenvalue weighted by molar-refractivity contribution is 7.89. The Hall–Kier alpha value is -2.71. The van der Waals surface area contributed by atoms with Crippen LogP contribution in [0.5, 0.6) is 0 Å². The molecule has 1 aliphatic heterocycles. The van der Waals surface area contributed by atoms with Crippen molar-refractivity contribution < 1.29 is 18.0 Å². The van der Waals surface area contributed by atoms with E-state index in [1.165, 1.54) is 11.2 Å². The lowest BCUT2D eigenvalue weighted by atomic mass is 10.1. The van der Waals surface area contributed by atoms with Crippen LogP contribution in [0.2, 0.25) is 0 Å². The van der Waals surface area contributed by atoms with E-state index in [9.17, 15) is 18.0 Å². The Morgan fingerprint density at radius 2 is 1.79 bits per heavy atom. The molecule has 1 unspecified atom stereocenters. The van der Waals surface area contributed by atoms with Gasteiger partial charge in [-0.05, 0) is 69.4 Å². The fourth-order valence-electron chi connectivity index (χ4n) is 4.62. The van der Waals surface area contributed by atoms with E-state index < -0.39 is 16.1 Å². The van der Waals surface area contributed by atoms with E-state index >= 15 is 0 Å². The summed E-state index contributed by atoms with van der Waals surface area (Å²) in [7, 11) is -3.81. The average Bonchev–Trinajstić information content (AvgIpc) is 3.22. The van der Waals surface area contributed by atoms with Gasteiger partial charge in [0.15, 0.2) is 0 Å². The third-order valence-corrected chi connectivity index (χ3v) is 8.29. The fourth-order valence-corrected chi connectivity index (χ4v) is 6.69. The summed E-state index contributed by atoms with van der Waals surface area (Å²) >= 11 is 0. The molecule has 1 atom stereocenters. The molecule has 2 aromatic rings. The molecule has 2 amide bonds. The maximum atomic E-state index is 13.5. The van der Waals surface area contributed by atoms with E-state index in [2.05, 4.69) is 5.32 Å². The molecular weight excluding hydrogens is 438 g/mol. The van der Waals surface area contributed by atoms with Crippen molar-refractivity contribution in [2.24, 2.45) is 0 Å². The molecule has 0 bridgehead atoms. The maximum Gasteiger partial charge on any atom is 0.244 e. The SMILES string of the molecule is CCN(Cc1cccc(NC(=O)C2CCCN2S(=O)(=O)c2c(C)cc(C)cc2C)c1)C(C)=O. The van der Waals surface area contributed by atoms with Crippen molar-refractivity contribution in [1.82, 2.24) is 9.21 Å². The van der Waals surface area contributed by atoms with E-state index in [-0.39, 0.29) is 11.8 Å². The number of rotatable bonds is 7. The van der Waals surface area contributed by atoms with Crippen molar-refractivity contribution in [1.29, 1.82) is 0 Å². The summed E-state index contributed by atoms with van der Waals surface area (Å²) in [6.45, 7) is 10.3. The molecule has 1 heterocycles. The Morgan fingerprint density at radius 1 is 1.12 bits per heavy atom. The van der Waals surface area contributed by atoms with Gasteiger partial charge in [-0.3, -0.25) is 9.59 Å². The van der Waals surface area contributed by atoms with E-state index in [1.54, 1.807) is 24.8 Å². The number of nitrogens with one attached hydrogen (secondary N) is 1. The average molecular weight is 472 g/mol. The molecule has 7 nitrogen and oxygen atoms in total. The first-order valence-corrected chi connectivity index (χ1v) is 12.7. The standard InChI is InChI=1S/C25H33N3O4S/c1-6-27(20(5)29)16-21-9-7-10-22(15-21)26-25(30)23-11-8-12-28(23)33(31,32)24-18(3)13-17(2)14-19(24)4/h7,9-10,13-15,23H,6,8,11-12,16H2,1-5H3,(H,26,30). The lowest BCUT2D eigenvalue weighted by molar-refractivity contribution is -0.129. The number of amides is 2. The summed E-state index contributed by atoms with van der Waals surface area (Å²) in [6, 6.07) is 10.3. The molecule has 2 aromatic carbocycles. The minimum atomic E-state index is -3.81. The molecule has 1 N–H and O–H groups in total. The number of aryl methyl sites for hydroxylation is 3. The number of hydrogen-bond donors (Lipinski definition) is 1. The number of nitrogens with zero attached hydrogens (tertiary/aromatic N) is 2. The summed E-state index contributed by atoms with van der Waals surface area (Å²) in [5.41, 5.74) is 3.87. The van der Waals surface area contributed by atoms with Crippen molar-refractivity contribution >= 4 is 27.5 Å². The first kappa shape index (κ1) is 24.9. The second kappa shape index (κ2) is 10.1. The first-order valence-electron chi connectivity index (χ1n) is 11.3. The summed E-state index contributed by atoms with van der Waals surface area (Å²) < 4.78 is 28.4. The highest BCUT2D eigenvalue weighted by Gasteiger charge is 2.40. The van der Waals surface area contributed by atoms with Gasteiger partial charge in [0.05, 0.1) is 4.90 Å². The third-order valence-electron chi connectivity index (χ3n) is 6.07. The predicted octanol–water partition coefficient (Wildman–Crippen LogP) is 3.77. The summed E-state index contributed by atoms with van der Waals surface area (Å²) in [6.07, 6.45) is 1.11. The van der Waals surface area contributed by atoms with Gasteiger partial charge in [0, 0.05) is 32.2 Å². The zero-order chi connectivity index (χ0) is 24.3. The van der Waals surface area contributed by atoms with Crippen molar-refractivity contribution in [3.05, 3.63) is 58.7 Å². The van der Waals surface area contributed by atoms with Crippen LogP contribution >= 0.6 is 0 Å². The van der Waals surface area contributed by atoms with Crippen LogP contribution in [0.15, 0.2) is 41.3 Å². The summed E-state index contributed by atoms with van der Waals surface area (Å²) in [5, 5.41) is 2.89. The molecular formula is C25H33N3O4S. The Bertz CT molecular complexity index is 1140. The predicted molar refractivity (Wildman–Crippen MR) is 129 cm³/mol. The smallest absolute Gasteiger partial charge is 0.244 e. The quantitative estimate of drug-likeness (QED) is 0.666. The highest BCUT2D eigenvalue weighted by Crippen LogP contribution is 2.31. The van der Waals surface area contributed by atoms with Gasteiger partial charge in [0.2, 0.25) is 21.8 Å². The minimum absolute atomic E-state index is 0.0135. The largest absolute Gasteiger partial charge is 0.339 e. The monoisotopic (exact) mass is 471 g/mol. The molecule has 0 spiro atoms. The molecule has 178 valence electrons. The Labute approximate surface area is 196 Å². The van der Waals surface area contributed by atoms with Gasteiger partial charge in [0.1, 0.15) is 6.04 Å². The van der Waals surface area contributed by atoms with Gasteiger partial charge >= 0.3 is 0 Å². The zero-order valence-corrected chi connectivity index (χ0v) is 20.8. The number of carbonyl (C=O) groups excluding carboxylic acids is 2. The minimum Gasteiger partial charge on any atom is -0.339 e. The molecule has 0 aromatic heterocycles. The first-order chi connectivity index (χ1) is 15.5. The topological polar surface area (TPSA) is 86.8 Å². The van der Waals surface area contributed by atoms with Crippen molar-refractivity contribution in [3.8, 4) is 0 Å². The molecule has 33 heavy (non-hydrogen) atoms. The van der Waals surface area contributed by atoms with Crippen LogP contribution in [-0.4, -0.2) is 48.6 Å². The molecule has 1 aliphatic rings. The normalized spacial score (nSPS) is 16.6. The van der Waals surface area contributed by atoms with Crippen LogP contribution in [0.1, 0.15) is 48.9 Å². The Kier molecular flexibility index (Phi) is 7.59. The molecule has 0 aliphatic carbocycles. The Balaban J connectivity index is 1.81. The van der Waals surface area contributed by atoms with Crippen LogP contribution in [0.4, 0.5) is 5.69 Å². The van der Waals surface area contributed by atoms with Crippen LogP contribution in [0.3, 0.4) is 0 Å². The van der Waals surface area contributed by atoms with Crippen LogP contribution in [0.25, 0.3) is 0 Å². The Morgan fingerprint density at radius 3 is 2.39 bits per heavy atom. The van der Waals surface area contributed by atoms with Crippen molar-refractivity contribution in [2.45, 2.75) is 64.9 Å². The third kappa shape index (κ3) is 5.45. The number of benzene rings is 2. The van der Waals surface area contributed by atoms with Gasteiger partial charge in [-0.15, -0.1) is 0 Å². The second-order valence-electron chi connectivity index (χ2n) is 8.72. The highest BCUT2D eigenvalue weighted by atomic mass is 32.2. The van der Waals surface area contributed by atoms with Gasteiger partial charge in [-0.25, -0.2) is 8.42 Å². The van der Waals surface area contributed by atoms with E-state index in [1.807, 2.05) is 44.2 Å². The van der Waals surface area contributed by atoms with Crippen LogP contribution < -0.4 is 5.32 Å². The summed E-state index contributed by atoms with van der Waals surface area (Å²) in [5.74, 6) is -0.352. The number of carbonyl (C=O) groups is 2.